The van der Waals surface area contributed by atoms with Gasteiger partial charge >= 0.3 is 5.97 Å². The van der Waals surface area contributed by atoms with Crippen molar-refractivity contribution in [1.29, 1.82) is 0 Å². The van der Waals surface area contributed by atoms with Gasteiger partial charge in [-0.3, -0.25) is 9.59 Å². The van der Waals surface area contributed by atoms with E-state index in [1.807, 2.05) is 6.92 Å². The van der Waals surface area contributed by atoms with E-state index in [0.29, 0.717) is 13.1 Å². The van der Waals surface area contributed by atoms with Crippen LogP contribution in [0.2, 0.25) is 0 Å². The molecule has 5 heteroatoms. The van der Waals surface area contributed by atoms with Gasteiger partial charge in [-0.05, 0) is 30.7 Å². The van der Waals surface area contributed by atoms with Crippen LogP contribution in [0.1, 0.15) is 33.6 Å². The van der Waals surface area contributed by atoms with E-state index in [9.17, 15) is 9.59 Å². The summed E-state index contributed by atoms with van der Waals surface area (Å²) < 4.78 is 0. The minimum atomic E-state index is -0.793. The number of carboxylic acid groups (broad SMARTS) is 1. The third-order valence-corrected chi connectivity index (χ3v) is 4.62. The van der Waals surface area contributed by atoms with Crippen molar-refractivity contribution in [2.45, 2.75) is 39.7 Å². The Morgan fingerprint density at radius 3 is 2.53 bits per heavy atom. The fourth-order valence-corrected chi connectivity index (χ4v) is 3.28. The van der Waals surface area contributed by atoms with Crippen molar-refractivity contribution in [2.24, 2.45) is 17.3 Å². The molecular weight excluding hydrogens is 244 g/mol. The molecule has 19 heavy (non-hydrogen) atoms. The first-order chi connectivity index (χ1) is 8.83. The topological polar surface area (TPSA) is 69.6 Å². The first kappa shape index (κ1) is 14.3. The van der Waals surface area contributed by atoms with E-state index < -0.39 is 11.9 Å². The maximum Gasteiger partial charge on any atom is 0.308 e. The van der Waals surface area contributed by atoms with Gasteiger partial charge in [0, 0.05) is 13.1 Å². The lowest BCUT2D eigenvalue weighted by Gasteiger charge is -2.40. The third kappa shape index (κ3) is 2.76. The Balaban J connectivity index is 2.06. The second kappa shape index (κ2) is 5.12. The molecule has 2 heterocycles. The molecule has 5 nitrogen and oxygen atoms in total. The third-order valence-electron chi connectivity index (χ3n) is 4.62. The molecule has 3 atom stereocenters. The second-order valence-corrected chi connectivity index (χ2v) is 6.64. The minimum Gasteiger partial charge on any atom is -0.481 e. The van der Waals surface area contributed by atoms with Gasteiger partial charge in [-0.25, -0.2) is 0 Å². The van der Waals surface area contributed by atoms with Gasteiger partial charge in [0.25, 0.3) is 0 Å². The molecule has 0 saturated carbocycles. The van der Waals surface area contributed by atoms with Gasteiger partial charge in [0.2, 0.25) is 5.91 Å². The normalized spacial score (nSPS) is 34.3. The number of rotatable bonds is 2. The van der Waals surface area contributed by atoms with Crippen LogP contribution in [0, 0.1) is 17.3 Å². The molecule has 0 aromatic rings. The smallest absolute Gasteiger partial charge is 0.308 e. The highest BCUT2D eigenvalue weighted by Gasteiger charge is 2.43. The van der Waals surface area contributed by atoms with Crippen LogP contribution in [0.25, 0.3) is 0 Å². The standard InChI is InChI=1S/C14H24N2O3/c1-9-7-16(8-10(9)13(18)19)12(17)11-14(2,3)5-4-6-15-11/h9-11,15H,4-8H2,1-3H3,(H,18,19)/t9-,10-,11?/m1/s1. The van der Waals surface area contributed by atoms with Gasteiger partial charge in [0.15, 0.2) is 0 Å². The van der Waals surface area contributed by atoms with Gasteiger partial charge in [0.05, 0.1) is 12.0 Å². The number of carboxylic acids is 1. The molecule has 1 amide bonds. The monoisotopic (exact) mass is 268 g/mol. The molecule has 0 aliphatic carbocycles. The van der Waals surface area contributed by atoms with Crippen molar-refractivity contribution in [3.63, 3.8) is 0 Å². The molecule has 2 aliphatic rings. The number of carbonyl (C=O) groups is 2. The predicted molar refractivity (Wildman–Crippen MR) is 71.7 cm³/mol. The van der Waals surface area contributed by atoms with Crippen molar-refractivity contribution < 1.29 is 14.7 Å². The highest BCUT2D eigenvalue weighted by atomic mass is 16.4. The lowest BCUT2D eigenvalue weighted by Crippen LogP contribution is -2.56. The number of nitrogens with zero attached hydrogens (tertiary/aromatic N) is 1. The Morgan fingerprint density at radius 1 is 1.32 bits per heavy atom. The first-order valence-corrected chi connectivity index (χ1v) is 7.08. The molecular formula is C14H24N2O3. The zero-order chi connectivity index (χ0) is 14.2. The van der Waals surface area contributed by atoms with Crippen LogP contribution in [0.4, 0.5) is 0 Å². The van der Waals surface area contributed by atoms with E-state index in [0.717, 1.165) is 19.4 Å². The van der Waals surface area contributed by atoms with Crippen LogP contribution in [0.5, 0.6) is 0 Å². The fourth-order valence-electron chi connectivity index (χ4n) is 3.28. The molecule has 1 unspecified atom stereocenters. The van der Waals surface area contributed by atoms with E-state index in [1.165, 1.54) is 0 Å². The Bertz CT molecular complexity index is 381. The molecule has 0 spiro atoms. The van der Waals surface area contributed by atoms with Crippen molar-refractivity contribution in [2.75, 3.05) is 19.6 Å². The maximum atomic E-state index is 12.6. The lowest BCUT2D eigenvalue weighted by atomic mass is 9.77. The Hall–Kier alpha value is -1.10. The highest BCUT2D eigenvalue weighted by Crippen LogP contribution is 2.33. The van der Waals surface area contributed by atoms with Crippen LogP contribution in [0.3, 0.4) is 0 Å². The van der Waals surface area contributed by atoms with Crippen LogP contribution >= 0.6 is 0 Å². The molecule has 2 fully saturated rings. The van der Waals surface area contributed by atoms with Gasteiger partial charge in [-0.2, -0.15) is 0 Å². The van der Waals surface area contributed by atoms with E-state index in [2.05, 4.69) is 19.2 Å². The predicted octanol–water partition coefficient (Wildman–Crippen LogP) is 0.944. The number of nitrogens with one attached hydrogen (secondary N) is 1. The SMILES string of the molecule is C[C@@H]1CN(C(=O)C2NCCCC2(C)C)C[C@H]1C(=O)O. The largest absolute Gasteiger partial charge is 0.481 e. The minimum absolute atomic E-state index is 0.0353. The number of amides is 1. The molecule has 0 bridgehead atoms. The second-order valence-electron chi connectivity index (χ2n) is 6.64. The number of likely N-dealkylation sites (tertiary alicyclic amines) is 1. The van der Waals surface area contributed by atoms with Gasteiger partial charge < -0.3 is 15.3 Å². The number of aliphatic carboxylic acids is 1. The van der Waals surface area contributed by atoms with Crippen molar-refractivity contribution >= 4 is 11.9 Å². The van der Waals surface area contributed by atoms with Gasteiger partial charge in [0.1, 0.15) is 0 Å². The summed E-state index contributed by atoms with van der Waals surface area (Å²) in [5.74, 6) is -1.11. The molecule has 2 saturated heterocycles. The van der Waals surface area contributed by atoms with Crippen molar-refractivity contribution in [3.8, 4) is 0 Å². The van der Waals surface area contributed by atoms with Crippen LogP contribution in [-0.2, 0) is 9.59 Å². The Kier molecular flexibility index (Phi) is 3.85. The molecule has 108 valence electrons. The summed E-state index contributed by atoms with van der Waals surface area (Å²) in [5, 5.41) is 12.4. The lowest BCUT2D eigenvalue weighted by molar-refractivity contribution is -0.142. The maximum absolute atomic E-state index is 12.6. The van der Waals surface area contributed by atoms with Crippen LogP contribution in [-0.4, -0.2) is 47.6 Å². The summed E-state index contributed by atoms with van der Waals surface area (Å²) in [7, 11) is 0. The molecule has 2 N–H and O–H groups in total. The van der Waals surface area contributed by atoms with Crippen LogP contribution in [0.15, 0.2) is 0 Å². The highest BCUT2D eigenvalue weighted by molar-refractivity contribution is 5.84. The van der Waals surface area contributed by atoms with Gasteiger partial charge in [-0.15, -0.1) is 0 Å². The average Bonchev–Trinajstić information content (AvgIpc) is 2.70. The molecule has 0 aromatic heterocycles. The quantitative estimate of drug-likeness (QED) is 0.782. The molecule has 2 aliphatic heterocycles. The summed E-state index contributed by atoms with van der Waals surface area (Å²) in [5.41, 5.74) is -0.0557. The number of hydrogen-bond donors (Lipinski definition) is 2. The first-order valence-electron chi connectivity index (χ1n) is 7.08. The molecule has 0 radical (unpaired) electrons. The fraction of sp³-hybridized carbons (Fsp3) is 0.857. The number of hydrogen-bond acceptors (Lipinski definition) is 3. The van der Waals surface area contributed by atoms with Crippen LogP contribution < -0.4 is 5.32 Å². The Labute approximate surface area is 114 Å². The summed E-state index contributed by atoms with van der Waals surface area (Å²) >= 11 is 0. The van der Waals surface area contributed by atoms with E-state index in [-0.39, 0.29) is 23.3 Å². The summed E-state index contributed by atoms with van der Waals surface area (Å²) in [6.45, 7) is 7.90. The van der Waals surface area contributed by atoms with Crippen molar-refractivity contribution in [1.82, 2.24) is 10.2 Å². The zero-order valence-corrected chi connectivity index (χ0v) is 12.0. The zero-order valence-electron chi connectivity index (χ0n) is 12.0. The van der Waals surface area contributed by atoms with Gasteiger partial charge in [-0.1, -0.05) is 20.8 Å². The summed E-state index contributed by atoms with van der Waals surface area (Å²) in [6, 6.07) is -0.180. The summed E-state index contributed by atoms with van der Waals surface area (Å²) in [6.07, 6.45) is 2.12. The van der Waals surface area contributed by atoms with E-state index in [4.69, 9.17) is 5.11 Å². The number of piperidine rings is 1. The molecule has 0 aromatic carbocycles. The van der Waals surface area contributed by atoms with E-state index in [1.54, 1.807) is 4.90 Å². The average molecular weight is 268 g/mol. The van der Waals surface area contributed by atoms with E-state index >= 15 is 0 Å². The Morgan fingerprint density at radius 2 is 2.00 bits per heavy atom. The molecule has 2 rings (SSSR count). The number of carbonyl (C=O) groups excluding carboxylic acids is 1. The van der Waals surface area contributed by atoms with Crippen molar-refractivity contribution in [3.05, 3.63) is 0 Å². The summed E-state index contributed by atoms with van der Waals surface area (Å²) in [4.78, 5) is 25.5.